The van der Waals surface area contributed by atoms with Crippen LogP contribution in [0.1, 0.15) is 0 Å². The molecule has 15 heavy (non-hydrogen) atoms. The molecular weight excluding hydrogens is 215 g/mol. The number of alkyl halides is 3. The van der Waals surface area contributed by atoms with E-state index >= 15 is 0 Å². The molecule has 1 aromatic heterocycles. The monoisotopic (exact) mass is 223 g/mol. The fourth-order valence-corrected chi connectivity index (χ4v) is 0.690. The Morgan fingerprint density at radius 1 is 1.40 bits per heavy atom. The molecule has 0 aliphatic carbocycles. The maximum atomic E-state index is 12.4. The number of nitrogen functional groups attached to an aromatic ring is 1. The van der Waals surface area contributed by atoms with Gasteiger partial charge in [0.15, 0.2) is 6.67 Å². The van der Waals surface area contributed by atoms with Gasteiger partial charge in [-0.1, -0.05) is 0 Å². The fourth-order valence-electron chi connectivity index (χ4n) is 0.690. The first-order valence-electron chi connectivity index (χ1n) is 3.79. The lowest BCUT2D eigenvalue weighted by molar-refractivity contribution is -0.190. The summed E-state index contributed by atoms with van der Waals surface area (Å²) in [6.45, 7) is -1.98. The van der Waals surface area contributed by atoms with Crippen molar-refractivity contribution in [2.75, 3.05) is 24.8 Å². The Kier molecular flexibility index (Phi) is 3.12. The van der Waals surface area contributed by atoms with E-state index in [0.29, 0.717) is 0 Å². The van der Waals surface area contributed by atoms with E-state index in [1.807, 2.05) is 0 Å². The van der Waals surface area contributed by atoms with Gasteiger partial charge in [-0.15, -0.1) is 0 Å². The van der Waals surface area contributed by atoms with Gasteiger partial charge in [-0.2, -0.15) is 23.7 Å². The van der Waals surface area contributed by atoms with Gasteiger partial charge in [-0.05, 0) is 0 Å². The molecule has 9 heteroatoms. The third-order valence-corrected chi connectivity index (χ3v) is 1.25. The molecule has 1 rings (SSSR count). The minimum atomic E-state index is -3.97. The van der Waals surface area contributed by atoms with Crippen LogP contribution in [0.2, 0.25) is 0 Å². The van der Waals surface area contributed by atoms with Crippen LogP contribution in [0.15, 0.2) is 0 Å². The molecule has 0 amide bonds. The fraction of sp³-hybridized carbons (Fsp3) is 0.500. The molecule has 0 spiro atoms. The predicted octanol–water partition coefficient (Wildman–Crippen LogP) is 0.437. The number of rotatable bonds is 4. The molecule has 3 N–H and O–H groups in total. The van der Waals surface area contributed by atoms with E-state index in [4.69, 9.17) is 5.73 Å². The minimum absolute atomic E-state index is 0.0489. The molecule has 84 valence electrons. The van der Waals surface area contributed by atoms with Gasteiger partial charge in [-0.3, -0.25) is 0 Å². The Morgan fingerprint density at radius 2 is 2.07 bits per heavy atom. The van der Waals surface area contributed by atoms with Crippen molar-refractivity contribution in [3.05, 3.63) is 0 Å². The summed E-state index contributed by atoms with van der Waals surface area (Å²) in [7, 11) is 1.45. The van der Waals surface area contributed by atoms with Gasteiger partial charge < -0.3 is 15.8 Å². The maximum Gasteiger partial charge on any atom is 0.429 e. The first-order chi connectivity index (χ1) is 6.96. The van der Waals surface area contributed by atoms with E-state index in [1.54, 1.807) is 0 Å². The smallest absolute Gasteiger partial charge is 0.396 e. The van der Waals surface area contributed by atoms with Crippen molar-refractivity contribution in [2.45, 2.75) is 6.11 Å². The Morgan fingerprint density at radius 3 is 2.60 bits per heavy atom. The number of hydrogen-bond donors (Lipinski definition) is 2. The molecule has 0 aliphatic heterocycles. The van der Waals surface area contributed by atoms with E-state index in [2.05, 4.69) is 25.0 Å². The average molecular weight is 223 g/mol. The van der Waals surface area contributed by atoms with Crippen molar-refractivity contribution in [1.82, 2.24) is 15.0 Å². The summed E-state index contributed by atoms with van der Waals surface area (Å²) < 4.78 is 40.5. The third kappa shape index (κ3) is 3.11. The number of nitrogens with one attached hydrogen (secondary N) is 1. The van der Waals surface area contributed by atoms with Crippen molar-refractivity contribution < 1.29 is 17.9 Å². The summed E-state index contributed by atoms with van der Waals surface area (Å²) in [6, 6.07) is -0.741. The van der Waals surface area contributed by atoms with Crippen LogP contribution in [-0.4, -0.2) is 34.8 Å². The van der Waals surface area contributed by atoms with Gasteiger partial charge in [0.25, 0.3) is 0 Å². The van der Waals surface area contributed by atoms with Gasteiger partial charge >= 0.3 is 12.1 Å². The second-order valence-corrected chi connectivity index (χ2v) is 2.42. The van der Waals surface area contributed by atoms with Crippen LogP contribution in [0.25, 0.3) is 0 Å². The zero-order valence-corrected chi connectivity index (χ0v) is 7.67. The van der Waals surface area contributed by atoms with Gasteiger partial charge in [0.2, 0.25) is 11.9 Å². The third-order valence-electron chi connectivity index (χ3n) is 1.25. The molecular formula is C6H8F3N5O. The molecule has 1 heterocycles. The summed E-state index contributed by atoms with van der Waals surface area (Å²) in [5.74, 6) is -0.355. The standard InChI is InChI=1S/C6H8F3N5O/c1-11-4-12-3(10)13-5(14-4)15-6(8,9)2-7/h2H2,1H3,(H3,10,11,12,13,14). The molecule has 0 bridgehead atoms. The molecule has 6 nitrogen and oxygen atoms in total. The number of hydrogen-bond acceptors (Lipinski definition) is 6. The van der Waals surface area contributed by atoms with Crippen molar-refractivity contribution >= 4 is 11.9 Å². The molecule has 0 atom stereocenters. The zero-order valence-electron chi connectivity index (χ0n) is 7.67. The topological polar surface area (TPSA) is 86.0 Å². The molecule has 0 radical (unpaired) electrons. The van der Waals surface area contributed by atoms with E-state index in [-0.39, 0.29) is 11.9 Å². The first-order valence-corrected chi connectivity index (χ1v) is 3.79. The van der Waals surface area contributed by atoms with Crippen LogP contribution in [0.5, 0.6) is 6.01 Å². The highest BCUT2D eigenvalue weighted by Crippen LogP contribution is 2.19. The number of halogens is 3. The Labute approximate surface area is 82.7 Å². The lowest BCUT2D eigenvalue weighted by atomic mass is 10.7. The van der Waals surface area contributed by atoms with E-state index < -0.39 is 18.8 Å². The highest BCUT2D eigenvalue weighted by Gasteiger charge is 2.33. The van der Waals surface area contributed by atoms with Crippen LogP contribution in [0.3, 0.4) is 0 Å². The molecule has 0 unspecified atom stereocenters. The molecule has 0 saturated heterocycles. The van der Waals surface area contributed by atoms with Gasteiger partial charge in [0.05, 0.1) is 0 Å². The predicted molar refractivity (Wildman–Crippen MR) is 45.3 cm³/mol. The van der Waals surface area contributed by atoms with Crippen molar-refractivity contribution in [2.24, 2.45) is 0 Å². The number of nitrogens with zero attached hydrogens (tertiary/aromatic N) is 3. The van der Waals surface area contributed by atoms with Gasteiger partial charge in [-0.25, -0.2) is 4.39 Å². The number of ether oxygens (including phenoxy) is 1. The van der Waals surface area contributed by atoms with Crippen molar-refractivity contribution in [3.63, 3.8) is 0 Å². The lowest BCUT2D eigenvalue weighted by Gasteiger charge is -2.12. The Bertz CT molecular complexity index is 348. The Hall–Kier alpha value is -1.80. The van der Waals surface area contributed by atoms with Crippen LogP contribution in [0, 0.1) is 0 Å². The summed E-state index contributed by atoms with van der Waals surface area (Å²) in [4.78, 5) is 10.2. The second-order valence-electron chi connectivity index (χ2n) is 2.42. The Balaban J connectivity index is 2.90. The molecule has 0 saturated carbocycles. The summed E-state index contributed by atoms with van der Waals surface area (Å²) >= 11 is 0. The molecule has 1 aromatic rings. The van der Waals surface area contributed by atoms with Crippen molar-refractivity contribution in [3.8, 4) is 6.01 Å². The molecule has 0 fully saturated rings. The molecule has 0 aliphatic rings. The zero-order chi connectivity index (χ0) is 11.5. The summed E-state index contributed by atoms with van der Waals surface area (Å²) in [5, 5.41) is 2.45. The van der Waals surface area contributed by atoms with Crippen molar-refractivity contribution in [1.29, 1.82) is 0 Å². The summed E-state index contributed by atoms with van der Waals surface area (Å²) in [6.07, 6.45) is -3.97. The van der Waals surface area contributed by atoms with E-state index in [9.17, 15) is 13.2 Å². The lowest BCUT2D eigenvalue weighted by Crippen LogP contribution is -2.28. The first kappa shape index (κ1) is 11.3. The van der Waals surface area contributed by atoms with Crippen LogP contribution >= 0.6 is 0 Å². The van der Waals surface area contributed by atoms with E-state index in [1.165, 1.54) is 7.05 Å². The number of anilines is 2. The number of nitrogens with two attached hydrogens (primary N) is 1. The maximum absolute atomic E-state index is 12.4. The van der Waals surface area contributed by atoms with Crippen LogP contribution < -0.4 is 15.8 Å². The number of aromatic nitrogens is 3. The molecule has 0 aromatic carbocycles. The second kappa shape index (κ2) is 4.15. The van der Waals surface area contributed by atoms with Gasteiger partial charge in [0.1, 0.15) is 0 Å². The highest BCUT2D eigenvalue weighted by atomic mass is 19.3. The summed E-state index contributed by atoms with van der Waals surface area (Å²) in [5.41, 5.74) is 5.17. The average Bonchev–Trinajstić information content (AvgIpc) is 2.16. The van der Waals surface area contributed by atoms with Crippen LogP contribution in [0.4, 0.5) is 25.1 Å². The normalized spacial score (nSPS) is 11.2. The highest BCUT2D eigenvalue weighted by molar-refractivity contribution is 5.31. The van der Waals surface area contributed by atoms with Crippen LogP contribution in [-0.2, 0) is 0 Å². The van der Waals surface area contributed by atoms with Gasteiger partial charge in [0, 0.05) is 7.05 Å². The minimum Gasteiger partial charge on any atom is -0.396 e. The largest absolute Gasteiger partial charge is 0.429 e. The SMILES string of the molecule is CNc1nc(N)nc(OC(F)(F)CF)n1. The van der Waals surface area contributed by atoms with E-state index in [0.717, 1.165) is 0 Å². The quantitative estimate of drug-likeness (QED) is 0.770.